The van der Waals surface area contributed by atoms with Gasteiger partial charge in [0.2, 0.25) is 5.91 Å². The average Bonchev–Trinajstić information content (AvgIpc) is 2.98. The first-order valence-electron chi connectivity index (χ1n) is 6.23. The number of rotatable bonds is 6. The smallest absolute Gasteiger partial charge is 0.355 e. The predicted octanol–water partition coefficient (Wildman–Crippen LogP) is 2.33. The minimum absolute atomic E-state index is 0.0937. The van der Waals surface area contributed by atoms with Crippen LogP contribution in [0.4, 0.5) is 0 Å². The summed E-state index contributed by atoms with van der Waals surface area (Å²) in [5, 5.41) is 10.3. The molecule has 0 radical (unpaired) electrons. The summed E-state index contributed by atoms with van der Waals surface area (Å²) < 4.78 is 0.747. The lowest BCUT2D eigenvalue weighted by Gasteiger charge is -2.23. The molecule has 7 heteroatoms. The molecule has 1 amide bonds. The van der Waals surface area contributed by atoms with Gasteiger partial charge in [-0.3, -0.25) is 4.79 Å². The number of aromatic nitrogens is 1. The van der Waals surface area contributed by atoms with Crippen LogP contribution < -0.4 is 0 Å². The van der Waals surface area contributed by atoms with Crippen LogP contribution in [0.3, 0.4) is 0 Å². The summed E-state index contributed by atoms with van der Waals surface area (Å²) in [5.41, 5.74) is 0.0937. The number of aromatic carboxylic acids is 1. The van der Waals surface area contributed by atoms with E-state index in [1.807, 2.05) is 4.90 Å². The molecule has 2 rings (SSSR count). The van der Waals surface area contributed by atoms with E-state index in [-0.39, 0.29) is 11.6 Å². The van der Waals surface area contributed by atoms with Gasteiger partial charge in [0.1, 0.15) is 0 Å². The molecule has 0 aromatic carbocycles. The summed E-state index contributed by atoms with van der Waals surface area (Å²) in [5.74, 6) is -0.00359. The molecule has 1 aromatic heterocycles. The van der Waals surface area contributed by atoms with E-state index in [2.05, 4.69) is 11.9 Å². The number of amides is 1. The Hall–Kier alpha value is -1.08. The standard InChI is InChI=1S/C12H16N2O3S2/c1-2-8-3-4-10(15)14(8)5-6-18-12-13-9(7-19-12)11(16)17/h7-8H,2-6H2,1H3,(H,16,17)/t8-/m0/s1. The van der Waals surface area contributed by atoms with Crippen LogP contribution in [0.5, 0.6) is 0 Å². The fourth-order valence-electron chi connectivity index (χ4n) is 2.18. The van der Waals surface area contributed by atoms with Crippen molar-refractivity contribution in [2.24, 2.45) is 0 Å². The molecule has 0 unspecified atom stereocenters. The van der Waals surface area contributed by atoms with E-state index in [4.69, 9.17) is 5.11 Å². The molecule has 1 atom stereocenters. The lowest BCUT2D eigenvalue weighted by molar-refractivity contribution is -0.128. The van der Waals surface area contributed by atoms with Crippen LogP contribution in [0.2, 0.25) is 0 Å². The summed E-state index contributed by atoms with van der Waals surface area (Å²) in [6, 6.07) is 0.374. The monoisotopic (exact) mass is 300 g/mol. The van der Waals surface area contributed by atoms with Crippen molar-refractivity contribution in [2.45, 2.75) is 36.6 Å². The molecular formula is C12H16N2O3S2. The number of thiazole rings is 1. The zero-order chi connectivity index (χ0) is 13.8. The normalized spacial score (nSPS) is 19.1. The van der Waals surface area contributed by atoms with Crippen molar-refractivity contribution in [1.82, 2.24) is 9.88 Å². The highest BCUT2D eigenvalue weighted by molar-refractivity contribution is 8.01. The number of likely N-dealkylation sites (tertiary alicyclic amines) is 1. The molecule has 1 saturated heterocycles. The number of nitrogens with zero attached hydrogens (tertiary/aromatic N) is 2. The Bertz CT molecular complexity index is 475. The minimum atomic E-state index is -0.996. The van der Waals surface area contributed by atoms with Crippen molar-refractivity contribution in [3.63, 3.8) is 0 Å². The van der Waals surface area contributed by atoms with Gasteiger partial charge in [-0.05, 0) is 12.8 Å². The number of carboxylic acid groups (broad SMARTS) is 1. The van der Waals surface area contributed by atoms with Crippen molar-refractivity contribution in [3.8, 4) is 0 Å². The lowest BCUT2D eigenvalue weighted by Crippen LogP contribution is -2.34. The second-order valence-corrected chi connectivity index (χ2v) is 6.54. The van der Waals surface area contributed by atoms with Crippen molar-refractivity contribution in [2.75, 3.05) is 12.3 Å². The van der Waals surface area contributed by atoms with Crippen molar-refractivity contribution in [1.29, 1.82) is 0 Å². The van der Waals surface area contributed by atoms with Gasteiger partial charge in [-0.1, -0.05) is 18.7 Å². The highest BCUT2D eigenvalue weighted by atomic mass is 32.2. The maximum absolute atomic E-state index is 11.7. The first kappa shape index (κ1) is 14.3. The molecule has 1 aromatic rings. The van der Waals surface area contributed by atoms with Crippen LogP contribution in [0.1, 0.15) is 36.7 Å². The predicted molar refractivity (Wildman–Crippen MR) is 74.8 cm³/mol. The van der Waals surface area contributed by atoms with Crippen LogP contribution in [0.15, 0.2) is 9.72 Å². The van der Waals surface area contributed by atoms with Crippen LogP contribution in [0, 0.1) is 0 Å². The zero-order valence-electron chi connectivity index (χ0n) is 10.7. The van der Waals surface area contributed by atoms with Gasteiger partial charge in [-0.15, -0.1) is 11.3 Å². The molecule has 104 valence electrons. The molecule has 1 fully saturated rings. The highest BCUT2D eigenvalue weighted by Gasteiger charge is 2.28. The topological polar surface area (TPSA) is 70.5 Å². The van der Waals surface area contributed by atoms with Crippen LogP contribution >= 0.6 is 23.1 Å². The van der Waals surface area contributed by atoms with Gasteiger partial charge in [-0.2, -0.15) is 0 Å². The molecular weight excluding hydrogens is 284 g/mol. The highest BCUT2D eigenvalue weighted by Crippen LogP contribution is 2.25. The van der Waals surface area contributed by atoms with E-state index < -0.39 is 5.97 Å². The number of carbonyl (C=O) groups excluding carboxylic acids is 1. The van der Waals surface area contributed by atoms with Gasteiger partial charge < -0.3 is 10.0 Å². The van der Waals surface area contributed by atoms with Gasteiger partial charge in [0.25, 0.3) is 0 Å². The number of hydrogen-bond donors (Lipinski definition) is 1. The number of hydrogen-bond acceptors (Lipinski definition) is 5. The molecule has 2 heterocycles. The maximum atomic E-state index is 11.7. The SMILES string of the molecule is CC[C@H]1CCC(=O)N1CCSc1nc(C(=O)O)cs1. The fourth-order valence-corrected chi connectivity index (χ4v) is 3.99. The van der Waals surface area contributed by atoms with Gasteiger partial charge in [0.15, 0.2) is 10.0 Å². The first-order valence-corrected chi connectivity index (χ1v) is 8.09. The summed E-state index contributed by atoms with van der Waals surface area (Å²) in [4.78, 5) is 28.4. The van der Waals surface area contributed by atoms with E-state index in [9.17, 15) is 9.59 Å². The van der Waals surface area contributed by atoms with E-state index in [1.165, 1.54) is 23.1 Å². The average molecular weight is 300 g/mol. The summed E-state index contributed by atoms with van der Waals surface area (Å²) in [6.45, 7) is 2.81. The Morgan fingerprint density at radius 2 is 2.47 bits per heavy atom. The van der Waals surface area contributed by atoms with E-state index in [0.717, 1.165) is 22.9 Å². The van der Waals surface area contributed by atoms with Crippen LogP contribution in [0.25, 0.3) is 0 Å². The lowest BCUT2D eigenvalue weighted by atomic mass is 10.2. The summed E-state index contributed by atoms with van der Waals surface area (Å²) in [7, 11) is 0. The molecule has 1 aliphatic rings. The van der Waals surface area contributed by atoms with E-state index in [1.54, 1.807) is 5.38 Å². The van der Waals surface area contributed by atoms with Crippen molar-refractivity contribution < 1.29 is 14.7 Å². The third kappa shape index (κ3) is 3.48. The van der Waals surface area contributed by atoms with Gasteiger partial charge in [0.05, 0.1) is 0 Å². The van der Waals surface area contributed by atoms with Crippen LogP contribution in [-0.2, 0) is 4.79 Å². The largest absolute Gasteiger partial charge is 0.476 e. The number of thioether (sulfide) groups is 1. The molecule has 1 aliphatic heterocycles. The number of carbonyl (C=O) groups is 2. The maximum Gasteiger partial charge on any atom is 0.355 e. The van der Waals surface area contributed by atoms with Crippen molar-refractivity contribution >= 4 is 35.0 Å². The van der Waals surface area contributed by atoms with Gasteiger partial charge >= 0.3 is 5.97 Å². The Morgan fingerprint density at radius 1 is 1.68 bits per heavy atom. The summed E-state index contributed by atoms with van der Waals surface area (Å²) in [6.07, 6.45) is 2.61. The Labute approximate surface area is 120 Å². The Morgan fingerprint density at radius 3 is 3.11 bits per heavy atom. The summed E-state index contributed by atoms with van der Waals surface area (Å²) >= 11 is 2.85. The van der Waals surface area contributed by atoms with Gasteiger partial charge in [-0.25, -0.2) is 9.78 Å². The molecule has 0 spiro atoms. The van der Waals surface area contributed by atoms with Crippen molar-refractivity contribution in [3.05, 3.63) is 11.1 Å². The Kier molecular flexibility index (Phi) is 4.81. The van der Waals surface area contributed by atoms with Crippen LogP contribution in [-0.4, -0.2) is 45.2 Å². The molecule has 5 nitrogen and oxygen atoms in total. The zero-order valence-corrected chi connectivity index (χ0v) is 12.3. The molecule has 0 saturated carbocycles. The second-order valence-electron chi connectivity index (χ2n) is 4.34. The molecule has 0 bridgehead atoms. The van der Waals surface area contributed by atoms with E-state index in [0.29, 0.717) is 19.0 Å². The number of carboxylic acids is 1. The second kappa shape index (κ2) is 6.38. The fraction of sp³-hybridized carbons (Fsp3) is 0.583. The quantitative estimate of drug-likeness (QED) is 0.817. The molecule has 19 heavy (non-hydrogen) atoms. The third-order valence-corrected chi connectivity index (χ3v) is 5.18. The molecule has 0 aliphatic carbocycles. The Balaban J connectivity index is 1.82. The third-order valence-electron chi connectivity index (χ3n) is 3.18. The van der Waals surface area contributed by atoms with Gasteiger partial charge in [0, 0.05) is 30.1 Å². The first-order chi connectivity index (χ1) is 9.11. The minimum Gasteiger partial charge on any atom is -0.476 e. The van der Waals surface area contributed by atoms with E-state index >= 15 is 0 Å². The molecule has 1 N–H and O–H groups in total.